The van der Waals surface area contributed by atoms with Gasteiger partial charge in [0.05, 0.1) is 11.0 Å². The third kappa shape index (κ3) is 4.53. The molecular weight excluding hydrogens is 405 g/mol. The van der Waals surface area contributed by atoms with E-state index in [9.17, 15) is 22.9 Å². The van der Waals surface area contributed by atoms with E-state index in [2.05, 4.69) is 5.32 Å². The van der Waals surface area contributed by atoms with Gasteiger partial charge < -0.3 is 5.32 Å². The van der Waals surface area contributed by atoms with Crippen LogP contribution in [0.15, 0.2) is 47.4 Å². The molecule has 1 aliphatic rings. The maximum Gasteiger partial charge on any atom is 0.243 e. The third-order valence-electron chi connectivity index (χ3n) is 5.57. The maximum atomic E-state index is 13.9. The van der Waals surface area contributed by atoms with Gasteiger partial charge in [-0.15, -0.1) is 0 Å². The molecule has 2 aromatic carbocycles. The molecule has 30 heavy (non-hydrogen) atoms. The Hall–Kier alpha value is -2.76. The van der Waals surface area contributed by atoms with Crippen LogP contribution in [0.2, 0.25) is 0 Å². The fourth-order valence-corrected chi connectivity index (χ4v) is 5.09. The highest BCUT2D eigenvalue weighted by molar-refractivity contribution is 7.89. The van der Waals surface area contributed by atoms with Crippen molar-refractivity contribution in [1.82, 2.24) is 9.62 Å². The van der Waals surface area contributed by atoms with Crippen LogP contribution in [0.3, 0.4) is 0 Å². The van der Waals surface area contributed by atoms with Crippen LogP contribution >= 0.6 is 0 Å². The number of sulfonamides is 1. The minimum Gasteiger partial charge on any atom is -0.336 e. The first-order chi connectivity index (χ1) is 14.2. The van der Waals surface area contributed by atoms with Crippen LogP contribution in [0.1, 0.15) is 35.6 Å². The molecule has 1 aliphatic heterocycles. The molecule has 158 valence electrons. The number of piperidine rings is 1. The number of benzene rings is 2. The number of nitriles is 1. The molecule has 1 saturated heterocycles. The highest BCUT2D eigenvalue weighted by atomic mass is 32.2. The average molecular weight is 430 g/mol. The van der Waals surface area contributed by atoms with Gasteiger partial charge in [-0.05, 0) is 56.0 Å². The summed E-state index contributed by atoms with van der Waals surface area (Å²) >= 11 is 0. The lowest BCUT2D eigenvalue weighted by atomic mass is 9.96. The minimum atomic E-state index is -3.63. The molecule has 1 heterocycles. The highest BCUT2D eigenvalue weighted by Gasteiger charge is 2.33. The van der Waals surface area contributed by atoms with Crippen molar-refractivity contribution in [1.29, 1.82) is 5.26 Å². The molecule has 0 saturated carbocycles. The lowest BCUT2D eigenvalue weighted by Crippen LogP contribution is -2.43. The van der Waals surface area contributed by atoms with Gasteiger partial charge in [0, 0.05) is 24.6 Å². The van der Waals surface area contributed by atoms with Gasteiger partial charge in [0.1, 0.15) is 11.9 Å². The number of carbonyl (C=O) groups is 1. The molecule has 1 amide bonds. The van der Waals surface area contributed by atoms with Gasteiger partial charge in [-0.2, -0.15) is 9.57 Å². The van der Waals surface area contributed by atoms with E-state index >= 15 is 0 Å². The number of carbonyl (C=O) groups excluding carboxylic acids is 1. The number of nitrogens with zero attached hydrogens (tertiary/aromatic N) is 2. The van der Waals surface area contributed by atoms with Crippen LogP contribution in [0.25, 0.3) is 0 Å². The molecule has 6 nitrogen and oxygen atoms in total. The summed E-state index contributed by atoms with van der Waals surface area (Å²) in [4.78, 5) is 12.9. The Morgan fingerprint density at radius 2 is 1.83 bits per heavy atom. The number of hydrogen-bond donors (Lipinski definition) is 1. The molecule has 8 heteroatoms. The zero-order valence-electron chi connectivity index (χ0n) is 16.9. The Bertz CT molecular complexity index is 1090. The molecule has 2 aromatic rings. The van der Waals surface area contributed by atoms with Gasteiger partial charge in [-0.3, -0.25) is 4.79 Å². The average Bonchev–Trinajstić information content (AvgIpc) is 2.74. The van der Waals surface area contributed by atoms with Gasteiger partial charge in [-0.1, -0.05) is 24.3 Å². The van der Waals surface area contributed by atoms with E-state index in [1.165, 1.54) is 22.5 Å². The van der Waals surface area contributed by atoms with Crippen molar-refractivity contribution in [3.05, 3.63) is 65.0 Å². The van der Waals surface area contributed by atoms with Crippen LogP contribution in [0, 0.1) is 36.9 Å². The number of hydrogen-bond acceptors (Lipinski definition) is 4. The Morgan fingerprint density at radius 1 is 1.17 bits per heavy atom. The predicted octanol–water partition coefficient (Wildman–Crippen LogP) is 3.22. The third-order valence-corrected chi connectivity index (χ3v) is 7.47. The molecule has 1 unspecified atom stereocenters. The van der Waals surface area contributed by atoms with E-state index in [-0.39, 0.29) is 29.5 Å². The van der Waals surface area contributed by atoms with Gasteiger partial charge in [0.15, 0.2) is 0 Å². The molecule has 1 atom stereocenters. The lowest BCUT2D eigenvalue weighted by Gasteiger charge is -2.31. The van der Waals surface area contributed by atoms with Crippen LogP contribution in [-0.2, 0) is 14.8 Å². The van der Waals surface area contributed by atoms with Crippen LogP contribution in [0.5, 0.6) is 0 Å². The summed E-state index contributed by atoms with van der Waals surface area (Å²) in [5.74, 6) is -1.36. The van der Waals surface area contributed by atoms with Crippen molar-refractivity contribution in [3.63, 3.8) is 0 Å². The quantitative estimate of drug-likeness (QED) is 0.790. The molecule has 0 aromatic heterocycles. The van der Waals surface area contributed by atoms with Crippen molar-refractivity contribution in [3.8, 4) is 6.07 Å². The second-order valence-electron chi connectivity index (χ2n) is 7.52. The molecular formula is C22H24FN3O3S. The summed E-state index contributed by atoms with van der Waals surface area (Å²) in [6.45, 7) is 4.21. The standard InChI is InChI=1S/C22H24FN3O3S/c1-15-7-8-18(13-16(15)2)30(28,29)26-11-9-17(10-12-26)22(27)25-21(14-24)19-5-3-4-6-20(19)23/h3-8,13,17,21H,9-12H2,1-2H3,(H,25,27). The topological polar surface area (TPSA) is 90.3 Å². The number of halogens is 1. The van der Waals surface area contributed by atoms with Gasteiger partial charge >= 0.3 is 0 Å². The SMILES string of the molecule is Cc1ccc(S(=O)(=O)N2CCC(C(=O)NC(C#N)c3ccccc3F)CC2)cc1C. The zero-order chi connectivity index (χ0) is 21.9. The second kappa shape index (κ2) is 8.94. The predicted molar refractivity (Wildman–Crippen MR) is 110 cm³/mol. The highest BCUT2D eigenvalue weighted by Crippen LogP contribution is 2.26. The van der Waals surface area contributed by atoms with E-state index in [1.807, 2.05) is 19.9 Å². The summed E-state index contributed by atoms with van der Waals surface area (Å²) in [6, 6.07) is 11.7. The van der Waals surface area contributed by atoms with Gasteiger partial charge in [0.25, 0.3) is 0 Å². The Balaban J connectivity index is 1.64. The number of amides is 1. The summed E-state index contributed by atoms with van der Waals surface area (Å²) in [5, 5.41) is 11.9. The number of nitrogens with one attached hydrogen (secondary N) is 1. The molecule has 0 bridgehead atoms. The van der Waals surface area contributed by atoms with Crippen LogP contribution in [0.4, 0.5) is 4.39 Å². The Morgan fingerprint density at radius 3 is 2.43 bits per heavy atom. The normalized spacial score (nSPS) is 16.6. The van der Waals surface area contributed by atoms with Crippen molar-refractivity contribution >= 4 is 15.9 Å². The lowest BCUT2D eigenvalue weighted by molar-refractivity contribution is -0.126. The smallest absolute Gasteiger partial charge is 0.243 e. The van der Waals surface area contributed by atoms with E-state index in [4.69, 9.17) is 0 Å². The molecule has 1 fully saturated rings. The van der Waals surface area contributed by atoms with Crippen molar-refractivity contribution in [2.75, 3.05) is 13.1 Å². The van der Waals surface area contributed by atoms with E-state index in [0.717, 1.165) is 11.1 Å². The maximum absolute atomic E-state index is 13.9. The van der Waals surface area contributed by atoms with E-state index in [0.29, 0.717) is 12.8 Å². The molecule has 0 aliphatic carbocycles. The molecule has 0 spiro atoms. The monoisotopic (exact) mass is 429 g/mol. The van der Waals surface area contributed by atoms with Crippen molar-refractivity contribution < 1.29 is 17.6 Å². The minimum absolute atomic E-state index is 0.114. The summed E-state index contributed by atoms with van der Waals surface area (Å²) < 4.78 is 41.2. The van der Waals surface area contributed by atoms with Gasteiger partial charge in [-0.25, -0.2) is 12.8 Å². The zero-order valence-corrected chi connectivity index (χ0v) is 17.7. The fraction of sp³-hybridized carbons (Fsp3) is 0.364. The van der Waals surface area contributed by atoms with Gasteiger partial charge in [0.2, 0.25) is 15.9 Å². The van der Waals surface area contributed by atoms with Crippen molar-refractivity contribution in [2.45, 2.75) is 37.6 Å². The molecule has 3 rings (SSSR count). The second-order valence-corrected chi connectivity index (χ2v) is 9.45. The first-order valence-corrected chi connectivity index (χ1v) is 11.2. The fourth-order valence-electron chi connectivity index (χ4n) is 3.53. The molecule has 0 radical (unpaired) electrons. The summed E-state index contributed by atoms with van der Waals surface area (Å²) in [5.41, 5.74) is 2.04. The Labute approximate surface area is 176 Å². The van der Waals surface area contributed by atoms with Crippen LogP contribution in [-0.4, -0.2) is 31.7 Å². The molecule has 1 N–H and O–H groups in total. The van der Waals surface area contributed by atoms with Crippen LogP contribution < -0.4 is 5.32 Å². The van der Waals surface area contributed by atoms with E-state index < -0.39 is 27.8 Å². The van der Waals surface area contributed by atoms with E-state index in [1.54, 1.807) is 24.3 Å². The largest absolute Gasteiger partial charge is 0.336 e. The first-order valence-electron chi connectivity index (χ1n) is 9.76. The first kappa shape index (κ1) is 21.9. The number of rotatable bonds is 5. The number of aryl methyl sites for hydroxylation is 2. The summed E-state index contributed by atoms with van der Waals surface area (Å²) in [6.07, 6.45) is 0.677. The van der Waals surface area contributed by atoms with Crippen molar-refractivity contribution in [2.24, 2.45) is 5.92 Å². The Kier molecular flexibility index (Phi) is 6.54. The summed E-state index contributed by atoms with van der Waals surface area (Å²) in [7, 11) is -3.63.